The van der Waals surface area contributed by atoms with Gasteiger partial charge >= 0.3 is 0 Å². The summed E-state index contributed by atoms with van der Waals surface area (Å²) in [5.74, 6) is 1.74. The molecule has 1 nitrogen and oxygen atoms in total. The van der Waals surface area contributed by atoms with Crippen LogP contribution in [0.2, 0.25) is 0 Å². The molecule has 0 unspecified atom stereocenters. The minimum Gasteiger partial charge on any atom is -0.456 e. The molecular weight excluding hydrogens is 196 g/mol. The highest BCUT2D eigenvalue weighted by atomic mass is 16.3. The molecule has 1 rings (SSSR count). The Kier molecular flexibility index (Phi) is 4.59. The van der Waals surface area contributed by atoms with Crippen molar-refractivity contribution in [3.63, 3.8) is 0 Å². The Morgan fingerprint density at radius 2 is 1.31 bits per heavy atom. The SMILES string of the molecule is C=Cc1c(/C=C\C)oc(/C=C\C)c1/C=C\C. The van der Waals surface area contributed by atoms with Crippen molar-refractivity contribution in [1.82, 2.24) is 0 Å². The van der Waals surface area contributed by atoms with Gasteiger partial charge in [-0.15, -0.1) is 0 Å². The van der Waals surface area contributed by atoms with Gasteiger partial charge in [0.2, 0.25) is 0 Å². The minimum atomic E-state index is 0.860. The van der Waals surface area contributed by atoms with Gasteiger partial charge in [0.05, 0.1) is 0 Å². The molecule has 0 aliphatic carbocycles. The van der Waals surface area contributed by atoms with Crippen LogP contribution in [0.5, 0.6) is 0 Å². The summed E-state index contributed by atoms with van der Waals surface area (Å²) in [5.41, 5.74) is 2.13. The van der Waals surface area contributed by atoms with Gasteiger partial charge in [0.25, 0.3) is 0 Å². The molecule has 1 heterocycles. The summed E-state index contributed by atoms with van der Waals surface area (Å²) in [6.07, 6.45) is 13.7. The largest absolute Gasteiger partial charge is 0.456 e. The van der Waals surface area contributed by atoms with Crippen LogP contribution in [0.25, 0.3) is 24.3 Å². The molecule has 1 aromatic rings. The summed E-state index contributed by atoms with van der Waals surface area (Å²) >= 11 is 0. The Bertz CT molecular complexity index is 442. The van der Waals surface area contributed by atoms with E-state index in [1.165, 1.54) is 0 Å². The predicted octanol–water partition coefficient (Wildman–Crippen LogP) is 5.02. The molecule has 0 aromatic carbocycles. The molecule has 0 fully saturated rings. The zero-order valence-electron chi connectivity index (χ0n) is 10.2. The quantitative estimate of drug-likeness (QED) is 0.685. The second kappa shape index (κ2) is 5.96. The summed E-state index contributed by atoms with van der Waals surface area (Å²) in [6, 6.07) is 0. The maximum Gasteiger partial charge on any atom is 0.135 e. The Hall–Kier alpha value is -1.76. The van der Waals surface area contributed by atoms with Gasteiger partial charge < -0.3 is 4.42 Å². The maximum absolute atomic E-state index is 5.77. The van der Waals surface area contributed by atoms with Crippen molar-refractivity contribution in [2.75, 3.05) is 0 Å². The fraction of sp³-hybridized carbons (Fsp3) is 0.200. The second-order valence-electron chi connectivity index (χ2n) is 3.36. The first-order valence-electron chi connectivity index (χ1n) is 5.45. The first-order valence-corrected chi connectivity index (χ1v) is 5.45. The highest BCUT2D eigenvalue weighted by Crippen LogP contribution is 2.27. The van der Waals surface area contributed by atoms with Crippen molar-refractivity contribution >= 4 is 24.3 Å². The first-order chi connectivity index (χ1) is 7.78. The molecule has 0 saturated heterocycles. The highest BCUT2D eigenvalue weighted by molar-refractivity contribution is 5.76. The Morgan fingerprint density at radius 1 is 0.812 bits per heavy atom. The van der Waals surface area contributed by atoms with Crippen LogP contribution in [0, 0.1) is 0 Å². The van der Waals surface area contributed by atoms with Gasteiger partial charge in [0.1, 0.15) is 11.5 Å². The van der Waals surface area contributed by atoms with Gasteiger partial charge in [0, 0.05) is 11.1 Å². The van der Waals surface area contributed by atoms with E-state index in [0.717, 1.165) is 22.6 Å². The molecule has 0 amide bonds. The van der Waals surface area contributed by atoms with E-state index in [9.17, 15) is 0 Å². The highest BCUT2D eigenvalue weighted by Gasteiger charge is 2.11. The summed E-state index contributed by atoms with van der Waals surface area (Å²) in [5, 5.41) is 0. The number of furan rings is 1. The number of allylic oxidation sites excluding steroid dienone is 3. The number of hydrogen-bond acceptors (Lipinski definition) is 1. The van der Waals surface area contributed by atoms with Crippen molar-refractivity contribution in [3.8, 4) is 0 Å². The molecule has 1 heteroatoms. The molecular formula is C15H18O. The van der Waals surface area contributed by atoms with Gasteiger partial charge in [-0.3, -0.25) is 0 Å². The minimum absolute atomic E-state index is 0.860. The van der Waals surface area contributed by atoms with Gasteiger partial charge in [-0.25, -0.2) is 0 Å². The smallest absolute Gasteiger partial charge is 0.135 e. The molecule has 0 atom stereocenters. The van der Waals surface area contributed by atoms with E-state index >= 15 is 0 Å². The fourth-order valence-corrected chi connectivity index (χ4v) is 1.59. The first kappa shape index (κ1) is 12.3. The van der Waals surface area contributed by atoms with Crippen molar-refractivity contribution in [1.29, 1.82) is 0 Å². The van der Waals surface area contributed by atoms with Crippen molar-refractivity contribution in [2.24, 2.45) is 0 Å². The summed E-state index contributed by atoms with van der Waals surface area (Å²) in [4.78, 5) is 0. The van der Waals surface area contributed by atoms with Crippen LogP contribution in [0.15, 0.2) is 29.2 Å². The van der Waals surface area contributed by atoms with Gasteiger partial charge in [-0.1, -0.05) is 37.0 Å². The molecule has 1 aromatic heterocycles. The third-order valence-electron chi connectivity index (χ3n) is 2.21. The Morgan fingerprint density at radius 3 is 1.75 bits per heavy atom. The molecule has 0 N–H and O–H groups in total. The standard InChI is InChI=1S/C15H18O/c1-5-9-13-12(8-4)14(10-6-2)16-15(13)11-7-3/h5-11H,4H2,1-3H3/b9-5-,10-6-,11-7-. The third-order valence-corrected chi connectivity index (χ3v) is 2.21. The van der Waals surface area contributed by atoms with Crippen LogP contribution < -0.4 is 0 Å². The molecule has 0 aliphatic heterocycles. The van der Waals surface area contributed by atoms with E-state index in [2.05, 4.69) is 6.58 Å². The van der Waals surface area contributed by atoms with Gasteiger partial charge in [-0.05, 0) is 32.9 Å². The topological polar surface area (TPSA) is 13.1 Å². The molecule has 0 saturated carbocycles. The normalized spacial score (nSPS) is 12.2. The van der Waals surface area contributed by atoms with Crippen LogP contribution in [-0.4, -0.2) is 0 Å². The second-order valence-corrected chi connectivity index (χ2v) is 3.36. The molecule has 0 bridgehead atoms. The average molecular weight is 214 g/mol. The van der Waals surface area contributed by atoms with Gasteiger partial charge in [0.15, 0.2) is 0 Å². The summed E-state index contributed by atoms with van der Waals surface area (Å²) in [7, 11) is 0. The van der Waals surface area contributed by atoms with Crippen LogP contribution in [0.4, 0.5) is 0 Å². The number of hydrogen-bond donors (Lipinski definition) is 0. The summed E-state index contributed by atoms with van der Waals surface area (Å²) in [6.45, 7) is 9.78. The van der Waals surface area contributed by atoms with E-state index in [-0.39, 0.29) is 0 Å². The van der Waals surface area contributed by atoms with E-state index in [1.54, 1.807) is 0 Å². The zero-order chi connectivity index (χ0) is 12.0. The molecule has 0 spiro atoms. The summed E-state index contributed by atoms with van der Waals surface area (Å²) < 4.78 is 5.77. The van der Waals surface area contributed by atoms with Crippen LogP contribution in [0.1, 0.15) is 43.4 Å². The molecule has 0 aliphatic rings. The monoisotopic (exact) mass is 214 g/mol. The van der Waals surface area contributed by atoms with E-state index in [4.69, 9.17) is 4.42 Å². The van der Waals surface area contributed by atoms with Crippen molar-refractivity contribution < 1.29 is 4.42 Å². The third kappa shape index (κ3) is 2.43. The van der Waals surface area contributed by atoms with Crippen LogP contribution >= 0.6 is 0 Å². The lowest BCUT2D eigenvalue weighted by atomic mass is 10.1. The lowest BCUT2D eigenvalue weighted by molar-refractivity contribution is 0.546. The fourth-order valence-electron chi connectivity index (χ4n) is 1.59. The van der Waals surface area contributed by atoms with Crippen LogP contribution in [0.3, 0.4) is 0 Å². The Balaban J connectivity index is 3.44. The van der Waals surface area contributed by atoms with Crippen molar-refractivity contribution in [3.05, 3.63) is 47.5 Å². The van der Waals surface area contributed by atoms with Gasteiger partial charge in [-0.2, -0.15) is 0 Å². The Labute approximate surface area is 97.5 Å². The molecule has 84 valence electrons. The van der Waals surface area contributed by atoms with E-state index < -0.39 is 0 Å². The number of rotatable bonds is 4. The van der Waals surface area contributed by atoms with E-state index in [0.29, 0.717) is 0 Å². The zero-order valence-corrected chi connectivity index (χ0v) is 10.2. The van der Waals surface area contributed by atoms with Crippen LogP contribution in [-0.2, 0) is 0 Å². The predicted molar refractivity (Wildman–Crippen MR) is 72.9 cm³/mol. The lowest BCUT2D eigenvalue weighted by Crippen LogP contribution is -1.77. The average Bonchev–Trinajstić information content (AvgIpc) is 2.58. The molecule has 16 heavy (non-hydrogen) atoms. The van der Waals surface area contributed by atoms with E-state index in [1.807, 2.05) is 63.3 Å². The maximum atomic E-state index is 5.77. The lowest BCUT2D eigenvalue weighted by Gasteiger charge is -1.92. The van der Waals surface area contributed by atoms with Crippen molar-refractivity contribution in [2.45, 2.75) is 20.8 Å². The molecule has 0 radical (unpaired) electrons.